The third kappa shape index (κ3) is 6.70. The van der Waals surface area contributed by atoms with Gasteiger partial charge in [0.1, 0.15) is 23.7 Å². The molecule has 42 heavy (non-hydrogen) atoms. The van der Waals surface area contributed by atoms with E-state index in [-0.39, 0.29) is 18.4 Å². The van der Waals surface area contributed by atoms with E-state index in [1.807, 2.05) is 36.4 Å². The summed E-state index contributed by atoms with van der Waals surface area (Å²) in [6.07, 6.45) is 12.4. The number of hydrogen-bond donors (Lipinski definition) is 2. The van der Waals surface area contributed by atoms with Crippen molar-refractivity contribution >= 4 is 16.9 Å². The minimum Gasteiger partial charge on any atom is -0.493 e. The Labute approximate surface area is 247 Å². The Morgan fingerprint density at radius 2 is 2.00 bits per heavy atom. The van der Waals surface area contributed by atoms with Gasteiger partial charge in [-0.15, -0.1) is 0 Å². The van der Waals surface area contributed by atoms with E-state index in [1.54, 1.807) is 6.33 Å². The number of carbonyl (C=O) groups is 1. The number of aliphatic hydroxyl groups is 1. The molecule has 226 valence electrons. The number of hydrogen-bond acceptors (Lipinski definition) is 8. The van der Waals surface area contributed by atoms with Crippen molar-refractivity contribution in [2.45, 2.75) is 50.4 Å². The zero-order valence-corrected chi connectivity index (χ0v) is 24.6. The standard InChI is InChI=1S/C31H43N7O4/c1-35-21-24(5-8-28(35)36-15-18-41-19-16-36)34-31(40)38-13-9-23(10-14-38)30-26-7-6-25(20-27(26)32-22-33-30)42-17-3-12-37-11-2-4-29(37)39/h5-8,20-23,28-29,39H,2-4,9-19H2,1H3,(H,34,40)/p+1. The van der Waals surface area contributed by atoms with E-state index in [9.17, 15) is 9.90 Å². The Balaban J connectivity index is 0.992. The monoisotopic (exact) mass is 578 g/mol. The first-order chi connectivity index (χ1) is 20.5. The largest absolute Gasteiger partial charge is 0.493 e. The number of ether oxygens (including phenoxy) is 2. The van der Waals surface area contributed by atoms with E-state index in [2.05, 4.69) is 37.1 Å². The second-order valence-electron chi connectivity index (χ2n) is 11.7. The Kier molecular flexibility index (Phi) is 9.18. The molecule has 11 heteroatoms. The van der Waals surface area contributed by atoms with Crippen molar-refractivity contribution in [2.75, 3.05) is 66.1 Å². The number of likely N-dealkylation sites (N-methyl/N-ethyl adjacent to an activating group) is 1. The summed E-state index contributed by atoms with van der Waals surface area (Å²) in [7, 11) is 2.05. The number of benzene rings is 1. The average Bonchev–Trinajstić information content (AvgIpc) is 3.43. The van der Waals surface area contributed by atoms with Crippen molar-refractivity contribution in [1.29, 1.82) is 0 Å². The van der Waals surface area contributed by atoms with Gasteiger partial charge in [-0.25, -0.2) is 9.78 Å². The summed E-state index contributed by atoms with van der Waals surface area (Å²) in [5.74, 6) is 1.12. The fourth-order valence-electron chi connectivity index (χ4n) is 6.57. The van der Waals surface area contributed by atoms with Gasteiger partial charge >= 0.3 is 6.03 Å². The zero-order valence-electron chi connectivity index (χ0n) is 24.6. The normalized spacial score (nSPS) is 24.3. The first-order valence-corrected chi connectivity index (χ1v) is 15.4. The SMILES string of the molecule is CN1C=C(NC(=O)N2CCC(c3nc[nH+]c4cc(OCCCN5CCCC5O)ccc34)CC2)C=CC1N1CCOCC1. The highest BCUT2D eigenvalue weighted by Gasteiger charge is 2.30. The quantitative estimate of drug-likeness (QED) is 0.459. The number of H-pyrrole nitrogens is 1. The molecule has 0 spiro atoms. The number of piperidine rings is 1. The lowest BCUT2D eigenvalue weighted by molar-refractivity contribution is -0.349. The number of fused-ring (bicyclic) bond motifs is 1. The van der Waals surface area contributed by atoms with E-state index >= 15 is 0 Å². The Hall–Kier alpha value is -3.25. The van der Waals surface area contributed by atoms with Crippen LogP contribution < -0.4 is 15.0 Å². The number of likely N-dealkylation sites (tertiary alicyclic amines) is 2. The summed E-state index contributed by atoms with van der Waals surface area (Å²) >= 11 is 0. The summed E-state index contributed by atoms with van der Waals surface area (Å²) < 4.78 is 11.5. The predicted octanol–water partition coefficient (Wildman–Crippen LogP) is 2.12. The number of nitrogens with one attached hydrogen (secondary N) is 2. The summed E-state index contributed by atoms with van der Waals surface area (Å²) in [6, 6.07) is 6.10. The van der Waals surface area contributed by atoms with Crippen LogP contribution in [0.4, 0.5) is 4.79 Å². The number of amides is 2. The van der Waals surface area contributed by atoms with Gasteiger partial charge in [-0.3, -0.25) is 9.80 Å². The molecule has 3 saturated heterocycles. The highest BCUT2D eigenvalue weighted by Crippen LogP contribution is 2.31. The average molecular weight is 579 g/mol. The van der Waals surface area contributed by atoms with E-state index < -0.39 is 0 Å². The number of aromatic nitrogens is 2. The van der Waals surface area contributed by atoms with Gasteiger partial charge in [0, 0.05) is 64.5 Å². The number of allylic oxidation sites excluding steroid dienone is 1. The molecular weight excluding hydrogens is 534 g/mol. The molecule has 3 N–H and O–H groups in total. The van der Waals surface area contributed by atoms with Gasteiger partial charge in [0.25, 0.3) is 6.33 Å². The fraction of sp³-hybridized carbons (Fsp3) is 0.581. The molecule has 2 amide bonds. The molecule has 0 saturated carbocycles. The molecule has 0 bridgehead atoms. The third-order valence-electron chi connectivity index (χ3n) is 8.93. The lowest BCUT2D eigenvalue weighted by atomic mass is 9.91. The maximum absolute atomic E-state index is 13.1. The number of aromatic amines is 1. The van der Waals surface area contributed by atoms with Crippen LogP contribution in [0.25, 0.3) is 10.9 Å². The highest BCUT2D eigenvalue weighted by atomic mass is 16.5. The van der Waals surface area contributed by atoms with Crippen LogP contribution in [0.5, 0.6) is 5.75 Å². The number of rotatable bonds is 8. The summed E-state index contributed by atoms with van der Waals surface area (Å²) in [4.78, 5) is 29.7. The molecule has 1 aromatic heterocycles. The highest BCUT2D eigenvalue weighted by molar-refractivity contribution is 5.80. The van der Waals surface area contributed by atoms with Crippen molar-refractivity contribution in [3.8, 4) is 5.75 Å². The summed E-state index contributed by atoms with van der Waals surface area (Å²) in [5, 5.41) is 14.2. The second kappa shape index (κ2) is 13.4. The topological polar surface area (TPSA) is 108 Å². The van der Waals surface area contributed by atoms with Crippen molar-refractivity contribution in [3.63, 3.8) is 0 Å². The molecule has 2 atom stereocenters. The lowest BCUT2D eigenvalue weighted by Gasteiger charge is -2.39. The van der Waals surface area contributed by atoms with Crippen LogP contribution in [0.1, 0.15) is 43.7 Å². The lowest BCUT2D eigenvalue weighted by Crippen LogP contribution is -2.50. The van der Waals surface area contributed by atoms with E-state index in [1.165, 1.54) is 0 Å². The van der Waals surface area contributed by atoms with Crippen LogP contribution in [0.15, 0.2) is 48.6 Å². The van der Waals surface area contributed by atoms with Crippen LogP contribution in [0.2, 0.25) is 0 Å². The molecule has 11 nitrogen and oxygen atoms in total. The van der Waals surface area contributed by atoms with E-state index in [0.717, 1.165) is 99.5 Å². The molecule has 6 rings (SSSR count). The first-order valence-electron chi connectivity index (χ1n) is 15.4. The third-order valence-corrected chi connectivity index (χ3v) is 8.93. The Bertz CT molecular complexity index is 1290. The number of nitrogens with zero attached hydrogens (tertiary/aromatic N) is 5. The molecule has 0 radical (unpaired) electrons. The van der Waals surface area contributed by atoms with Crippen molar-refractivity contribution in [2.24, 2.45) is 0 Å². The van der Waals surface area contributed by atoms with Gasteiger partial charge in [0.05, 0.1) is 30.9 Å². The smallest absolute Gasteiger partial charge is 0.321 e. The van der Waals surface area contributed by atoms with Crippen LogP contribution in [-0.2, 0) is 4.74 Å². The summed E-state index contributed by atoms with van der Waals surface area (Å²) in [5.41, 5.74) is 2.89. The minimum absolute atomic E-state index is 0.0529. The molecule has 1 aromatic carbocycles. The van der Waals surface area contributed by atoms with Gasteiger partial charge in [0.2, 0.25) is 0 Å². The molecule has 4 aliphatic heterocycles. The van der Waals surface area contributed by atoms with Crippen molar-refractivity contribution < 1.29 is 24.4 Å². The molecule has 4 aliphatic rings. The van der Waals surface area contributed by atoms with Crippen LogP contribution in [0, 0.1) is 0 Å². The molecule has 3 fully saturated rings. The zero-order chi connectivity index (χ0) is 28.9. The first kappa shape index (κ1) is 28.9. The number of morpholine rings is 1. The van der Waals surface area contributed by atoms with Crippen molar-refractivity contribution in [3.05, 3.63) is 54.3 Å². The Morgan fingerprint density at radius 1 is 1.17 bits per heavy atom. The molecule has 5 heterocycles. The molecular formula is C31H44N7O4+. The number of aliphatic hydroxyl groups excluding tert-OH is 1. The minimum atomic E-state index is -0.297. The van der Waals surface area contributed by atoms with Gasteiger partial charge < -0.3 is 29.7 Å². The number of urea groups is 1. The molecule has 2 aromatic rings. The van der Waals surface area contributed by atoms with Crippen LogP contribution >= 0.6 is 0 Å². The van der Waals surface area contributed by atoms with E-state index in [0.29, 0.717) is 25.6 Å². The fourth-order valence-corrected chi connectivity index (χ4v) is 6.57. The second-order valence-corrected chi connectivity index (χ2v) is 11.7. The van der Waals surface area contributed by atoms with Gasteiger partial charge in [-0.1, -0.05) is 4.98 Å². The van der Waals surface area contributed by atoms with Crippen LogP contribution in [0.3, 0.4) is 0 Å². The van der Waals surface area contributed by atoms with Gasteiger partial charge in [0.15, 0.2) is 5.69 Å². The van der Waals surface area contributed by atoms with Crippen molar-refractivity contribution in [1.82, 2.24) is 29.9 Å². The number of carbonyl (C=O) groups excluding carboxylic acids is 1. The van der Waals surface area contributed by atoms with Gasteiger partial charge in [-0.05, 0) is 56.4 Å². The summed E-state index contributed by atoms with van der Waals surface area (Å²) in [6.45, 7) is 7.15. The predicted molar refractivity (Wildman–Crippen MR) is 158 cm³/mol. The van der Waals surface area contributed by atoms with Gasteiger partial charge in [-0.2, -0.15) is 0 Å². The maximum Gasteiger partial charge on any atom is 0.321 e. The molecule has 0 aliphatic carbocycles. The van der Waals surface area contributed by atoms with Crippen LogP contribution in [-0.4, -0.2) is 114 Å². The Morgan fingerprint density at radius 3 is 2.76 bits per heavy atom. The van der Waals surface area contributed by atoms with E-state index in [4.69, 9.17) is 14.5 Å². The maximum atomic E-state index is 13.1. The molecule has 2 unspecified atom stereocenters.